The molecule has 1 aliphatic heterocycles. The number of ether oxygens (including phenoxy) is 1. The molecule has 0 spiro atoms. The van der Waals surface area contributed by atoms with Crippen LogP contribution in [0.5, 0.6) is 5.75 Å². The molecule has 4 rings (SSSR count). The Morgan fingerprint density at radius 3 is 2.75 bits per heavy atom. The molecule has 0 unspecified atom stereocenters. The van der Waals surface area contributed by atoms with Gasteiger partial charge in [-0.05, 0) is 25.2 Å². The predicted molar refractivity (Wildman–Crippen MR) is 115 cm³/mol. The van der Waals surface area contributed by atoms with Crippen LogP contribution in [0.15, 0.2) is 24.4 Å². The average Bonchev–Trinajstić information content (AvgIpc) is 3.15. The molecular formula is C20H18ClF2N5O3S. The van der Waals surface area contributed by atoms with Crippen molar-refractivity contribution in [3.8, 4) is 5.75 Å². The molecule has 1 aromatic carbocycles. The summed E-state index contributed by atoms with van der Waals surface area (Å²) < 4.78 is 34.6. The van der Waals surface area contributed by atoms with Gasteiger partial charge in [0.15, 0.2) is 11.6 Å². The summed E-state index contributed by atoms with van der Waals surface area (Å²) in [7, 11) is 1.91. The van der Waals surface area contributed by atoms with Crippen LogP contribution in [0.25, 0.3) is 10.3 Å². The summed E-state index contributed by atoms with van der Waals surface area (Å²) >= 11 is 7.13. The Morgan fingerprint density at radius 1 is 1.25 bits per heavy atom. The minimum atomic E-state index is -1.20. The molecule has 1 saturated heterocycles. The lowest BCUT2D eigenvalue weighted by Gasteiger charge is -2.32. The smallest absolute Gasteiger partial charge is 0.324 e. The Bertz CT molecular complexity index is 1180. The van der Waals surface area contributed by atoms with E-state index in [1.807, 2.05) is 17.3 Å². The van der Waals surface area contributed by atoms with Crippen LogP contribution in [0.3, 0.4) is 0 Å². The Balaban J connectivity index is 1.46. The summed E-state index contributed by atoms with van der Waals surface area (Å²) in [5.74, 6) is -3.81. The highest BCUT2D eigenvalue weighted by Crippen LogP contribution is 2.27. The lowest BCUT2D eigenvalue weighted by Crippen LogP contribution is -2.51. The van der Waals surface area contributed by atoms with Crippen molar-refractivity contribution < 1.29 is 23.1 Å². The average molecular weight is 482 g/mol. The summed E-state index contributed by atoms with van der Waals surface area (Å²) in [5.41, 5.74) is -0.314. The Hall–Kier alpha value is -2.89. The van der Waals surface area contributed by atoms with E-state index in [1.165, 1.54) is 22.4 Å². The number of pyridine rings is 1. The van der Waals surface area contributed by atoms with Crippen molar-refractivity contribution in [3.05, 3.63) is 51.6 Å². The number of nitrogens with one attached hydrogen (secondary N) is 1. The van der Waals surface area contributed by atoms with E-state index >= 15 is 0 Å². The van der Waals surface area contributed by atoms with Crippen molar-refractivity contribution in [1.29, 1.82) is 0 Å². The van der Waals surface area contributed by atoms with Crippen molar-refractivity contribution in [2.45, 2.75) is 6.61 Å². The minimum absolute atomic E-state index is 0.123. The highest BCUT2D eigenvalue weighted by molar-refractivity contribution is 7.18. The summed E-state index contributed by atoms with van der Waals surface area (Å²) in [6, 6.07) is 2.93. The van der Waals surface area contributed by atoms with Crippen LogP contribution in [0.1, 0.15) is 15.4 Å². The molecular weight excluding hydrogens is 464 g/mol. The van der Waals surface area contributed by atoms with Crippen LogP contribution in [0.2, 0.25) is 5.02 Å². The largest absolute Gasteiger partial charge is 0.483 e. The van der Waals surface area contributed by atoms with Crippen LogP contribution >= 0.6 is 22.9 Å². The predicted octanol–water partition coefficient (Wildman–Crippen LogP) is 3.30. The van der Waals surface area contributed by atoms with Gasteiger partial charge in [0, 0.05) is 32.4 Å². The molecule has 0 radical (unpaired) electrons. The van der Waals surface area contributed by atoms with E-state index in [1.54, 1.807) is 6.07 Å². The third-order valence-electron chi connectivity index (χ3n) is 4.90. The van der Waals surface area contributed by atoms with Gasteiger partial charge in [0.1, 0.15) is 33.3 Å². The molecule has 2 aromatic heterocycles. The van der Waals surface area contributed by atoms with Crippen molar-refractivity contribution in [2.75, 3.05) is 33.2 Å². The number of urea groups is 1. The SMILES string of the molecule is CN1CCN(C(=O)NC(=O)c2c(F)ccc(OCc3nc4cc(Cl)cnc4s3)c2F)CC1. The van der Waals surface area contributed by atoms with E-state index in [4.69, 9.17) is 16.3 Å². The van der Waals surface area contributed by atoms with Crippen molar-refractivity contribution in [3.63, 3.8) is 0 Å². The number of amides is 3. The van der Waals surface area contributed by atoms with Crippen molar-refractivity contribution in [1.82, 2.24) is 25.1 Å². The molecule has 0 atom stereocenters. The van der Waals surface area contributed by atoms with Gasteiger partial charge in [-0.2, -0.15) is 0 Å². The number of imide groups is 1. The van der Waals surface area contributed by atoms with Crippen LogP contribution in [0.4, 0.5) is 13.6 Å². The molecule has 12 heteroatoms. The number of benzene rings is 1. The zero-order valence-corrected chi connectivity index (χ0v) is 18.5. The summed E-state index contributed by atoms with van der Waals surface area (Å²) in [6.07, 6.45) is 1.49. The van der Waals surface area contributed by atoms with Gasteiger partial charge >= 0.3 is 6.03 Å². The van der Waals surface area contributed by atoms with Gasteiger partial charge in [0.05, 0.1) is 5.02 Å². The van der Waals surface area contributed by atoms with E-state index in [0.29, 0.717) is 46.6 Å². The van der Waals surface area contributed by atoms with Crippen LogP contribution in [-0.4, -0.2) is 64.9 Å². The quantitative estimate of drug-likeness (QED) is 0.615. The first-order valence-corrected chi connectivity index (χ1v) is 10.8. The highest BCUT2D eigenvalue weighted by Gasteiger charge is 2.26. The van der Waals surface area contributed by atoms with Gasteiger partial charge in [0.2, 0.25) is 0 Å². The number of hydrogen-bond donors (Lipinski definition) is 1. The first-order valence-electron chi connectivity index (χ1n) is 9.62. The molecule has 0 bridgehead atoms. The standard InChI is InChI=1S/C20H18ClF2N5O3S/c1-27-4-6-28(7-5-27)20(30)26-18(29)16-12(22)2-3-14(17(16)23)31-10-15-25-13-8-11(21)9-24-19(13)32-15/h2-3,8-9H,4-7,10H2,1H3,(H,26,29,30). The van der Waals surface area contributed by atoms with Gasteiger partial charge < -0.3 is 14.5 Å². The molecule has 8 nitrogen and oxygen atoms in total. The van der Waals surface area contributed by atoms with Gasteiger partial charge in [-0.15, -0.1) is 0 Å². The van der Waals surface area contributed by atoms with Gasteiger partial charge in [-0.25, -0.2) is 23.5 Å². The number of fused-ring (bicyclic) bond motifs is 1. The number of piperazine rings is 1. The Labute approximate surface area is 190 Å². The Kier molecular flexibility index (Phi) is 6.49. The third-order valence-corrected chi connectivity index (χ3v) is 6.06. The lowest BCUT2D eigenvalue weighted by molar-refractivity contribution is 0.0931. The van der Waals surface area contributed by atoms with Gasteiger partial charge in [0.25, 0.3) is 5.91 Å². The van der Waals surface area contributed by atoms with E-state index in [-0.39, 0.29) is 12.4 Å². The first-order chi connectivity index (χ1) is 15.3. The number of halogens is 3. The van der Waals surface area contributed by atoms with Gasteiger partial charge in [-0.3, -0.25) is 10.1 Å². The van der Waals surface area contributed by atoms with Crippen LogP contribution < -0.4 is 10.1 Å². The second kappa shape index (κ2) is 9.31. The molecule has 32 heavy (non-hydrogen) atoms. The molecule has 1 N–H and O–H groups in total. The van der Waals surface area contributed by atoms with E-state index in [0.717, 1.165) is 12.1 Å². The summed E-state index contributed by atoms with van der Waals surface area (Å²) in [4.78, 5) is 37.3. The van der Waals surface area contributed by atoms with Crippen LogP contribution in [-0.2, 0) is 6.61 Å². The summed E-state index contributed by atoms with van der Waals surface area (Å²) in [5, 5.41) is 2.98. The fourth-order valence-corrected chi connectivity index (χ4v) is 4.10. The molecule has 1 fully saturated rings. The number of thiazole rings is 1. The monoisotopic (exact) mass is 481 g/mol. The highest BCUT2D eigenvalue weighted by atomic mass is 35.5. The zero-order valence-electron chi connectivity index (χ0n) is 16.9. The van der Waals surface area contributed by atoms with Crippen molar-refractivity contribution in [2.24, 2.45) is 0 Å². The Morgan fingerprint density at radius 2 is 2.00 bits per heavy atom. The topological polar surface area (TPSA) is 87.7 Å². The fourth-order valence-electron chi connectivity index (χ4n) is 3.15. The van der Waals surface area contributed by atoms with E-state index in [9.17, 15) is 18.4 Å². The number of nitrogens with zero attached hydrogens (tertiary/aromatic N) is 4. The molecule has 1 aliphatic rings. The summed E-state index contributed by atoms with van der Waals surface area (Å²) in [6.45, 7) is 1.97. The number of likely N-dealkylation sites (N-methyl/N-ethyl adjacent to an activating group) is 1. The maximum atomic E-state index is 14.9. The third kappa shape index (κ3) is 4.79. The number of carbonyl (C=O) groups is 2. The number of hydrogen-bond acceptors (Lipinski definition) is 7. The maximum absolute atomic E-state index is 14.9. The van der Waals surface area contributed by atoms with E-state index < -0.39 is 29.1 Å². The molecule has 0 saturated carbocycles. The second-order valence-corrected chi connectivity index (χ2v) is 8.66. The number of carbonyl (C=O) groups excluding carboxylic acids is 2. The lowest BCUT2D eigenvalue weighted by atomic mass is 10.1. The zero-order chi connectivity index (χ0) is 22.8. The first kappa shape index (κ1) is 22.3. The minimum Gasteiger partial charge on any atom is -0.483 e. The molecule has 3 aromatic rings. The fraction of sp³-hybridized carbons (Fsp3) is 0.300. The van der Waals surface area contributed by atoms with E-state index in [2.05, 4.69) is 9.97 Å². The molecule has 3 heterocycles. The van der Waals surface area contributed by atoms with Gasteiger partial charge in [-0.1, -0.05) is 22.9 Å². The number of aromatic nitrogens is 2. The maximum Gasteiger partial charge on any atom is 0.324 e. The second-order valence-electron chi connectivity index (χ2n) is 7.16. The normalized spacial score (nSPS) is 14.6. The molecule has 3 amide bonds. The van der Waals surface area contributed by atoms with Crippen LogP contribution in [0, 0.1) is 11.6 Å². The number of rotatable bonds is 4. The van der Waals surface area contributed by atoms with Crippen molar-refractivity contribution >= 4 is 45.2 Å². The molecule has 0 aliphatic carbocycles. The molecule has 168 valence electrons.